The van der Waals surface area contributed by atoms with Gasteiger partial charge in [-0.1, -0.05) is 20.8 Å². The van der Waals surface area contributed by atoms with Crippen LogP contribution >= 0.6 is 11.8 Å². The average Bonchev–Trinajstić information content (AvgIpc) is 2.32. The summed E-state index contributed by atoms with van der Waals surface area (Å²) in [6, 6.07) is 0. The fourth-order valence-electron chi connectivity index (χ4n) is 2.73. The van der Waals surface area contributed by atoms with Crippen LogP contribution in [0.5, 0.6) is 0 Å². The molecule has 1 aliphatic rings. The molecular weight excluding hydrogens is 270 g/mol. The highest BCUT2D eigenvalue weighted by Gasteiger charge is 2.23. The second-order valence-corrected chi connectivity index (χ2v) is 7.85. The van der Waals surface area contributed by atoms with Gasteiger partial charge in [0.05, 0.1) is 12.7 Å². The number of hydrogen-bond donors (Lipinski definition) is 1. The van der Waals surface area contributed by atoms with Gasteiger partial charge >= 0.3 is 0 Å². The molecule has 120 valence electrons. The topological polar surface area (TPSA) is 27.7 Å². The van der Waals surface area contributed by atoms with E-state index in [4.69, 9.17) is 4.74 Å². The maximum Gasteiger partial charge on any atom is 0.0829 e. The largest absolute Gasteiger partial charge is 0.374 e. The minimum absolute atomic E-state index is 0.352. The van der Waals surface area contributed by atoms with Gasteiger partial charge in [0, 0.05) is 45.1 Å². The number of likely N-dealkylation sites (N-methyl/N-ethyl adjacent to an activating group) is 1. The smallest absolute Gasteiger partial charge is 0.0829 e. The number of thioether (sulfide) groups is 1. The van der Waals surface area contributed by atoms with E-state index in [9.17, 15) is 0 Å². The summed E-state index contributed by atoms with van der Waals surface area (Å²) in [5, 5.41) is 3.44. The normalized spacial score (nSPS) is 21.6. The number of nitrogens with one attached hydrogen (secondary N) is 1. The van der Waals surface area contributed by atoms with Crippen molar-refractivity contribution < 1.29 is 4.74 Å². The van der Waals surface area contributed by atoms with Crippen molar-refractivity contribution in [1.29, 1.82) is 0 Å². The third kappa shape index (κ3) is 8.47. The molecule has 4 nitrogen and oxygen atoms in total. The van der Waals surface area contributed by atoms with Crippen molar-refractivity contribution in [3.63, 3.8) is 0 Å². The molecule has 0 saturated carbocycles. The van der Waals surface area contributed by atoms with Crippen LogP contribution in [0.2, 0.25) is 0 Å². The lowest BCUT2D eigenvalue weighted by molar-refractivity contribution is -0.0424. The van der Waals surface area contributed by atoms with Gasteiger partial charge in [-0.15, -0.1) is 11.8 Å². The van der Waals surface area contributed by atoms with E-state index in [2.05, 4.69) is 49.2 Å². The molecule has 1 rings (SSSR count). The summed E-state index contributed by atoms with van der Waals surface area (Å²) < 4.78 is 5.91. The van der Waals surface area contributed by atoms with Gasteiger partial charge in [-0.2, -0.15) is 0 Å². The Balaban J connectivity index is 2.23. The van der Waals surface area contributed by atoms with E-state index >= 15 is 0 Å². The number of hydrogen-bond acceptors (Lipinski definition) is 5. The lowest BCUT2D eigenvalue weighted by Crippen LogP contribution is -2.49. The molecule has 1 heterocycles. The first-order valence-electron chi connectivity index (χ1n) is 7.63. The first-order valence-corrected chi connectivity index (χ1v) is 9.02. The van der Waals surface area contributed by atoms with E-state index in [0.29, 0.717) is 11.5 Å². The highest BCUT2D eigenvalue weighted by Crippen LogP contribution is 2.15. The zero-order valence-electron chi connectivity index (χ0n) is 13.9. The summed E-state index contributed by atoms with van der Waals surface area (Å²) in [5.41, 5.74) is 0.352. The molecule has 0 aromatic carbocycles. The van der Waals surface area contributed by atoms with Crippen LogP contribution in [0.15, 0.2) is 0 Å². The highest BCUT2D eigenvalue weighted by atomic mass is 32.2. The minimum atomic E-state index is 0.352. The van der Waals surface area contributed by atoms with Crippen molar-refractivity contribution in [2.24, 2.45) is 5.41 Å². The van der Waals surface area contributed by atoms with Crippen molar-refractivity contribution in [3.8, 4) is 0 Å². The highest BCUT2D eigenvalue weighted by molar-refractivity contribution is 7.98. The minimum Gasteiger partial charge on any atom is -0.374 e. The maximum atomic E-state index is 5.91. The molecule has 1 aliphatic heterocycles. The Labute approximate surface area is 129 Å². The van der Waals surface area contributed by atoms with Crippen molar-refractivity contribution in [2.75, 3.05) is 65.1 Å². The Bertz CT molecular complexity index is 258. The lowest BCUT2D eigenvalue weighted by atomic mass is 9.96. The Morgan fingerprint density at radius 3 is 2.80 bits per heavy atom. The van der Waals surface area contributed by atoms with Gasteiger partial charge in [0.15, 0.2) is 0 Å². The first-order chi connectivity index (χ1) is 9.40. The van der Waals surface area contributed by atoms with Crippen LogP contribution in [0.4, 0.5) is 0 Å². The van der Waals surface area contributed by atoms with Crippen molar-refractivity contribution in [2.45, 2.75) is 26.9 Å². The fraction of sp³-hybridized carbons (Fsp3) is 1.00. The van der Waals surface area contributed by atoms with Gasteiger partial charge in [-0.25, -0.2) is 0 Å². The molecule has 0 unspecified atom stereocenters. The number of ether oxygens (including phenoxy) is 1. The van der Waals surface area contributed by atoms with E-state index in [1.807, 2.05) is 11.8 Å². The molecule has 1 atom stereocenters. The molecule has 0 amide bonds. The van der Waals surface area contributed by atoms with E-state index in [1.165, 1.54) is 0 Å². The molecule has 1 N–H and O–H groups in total. The Hall–Kier alpha value is 0.190. The average molecular weight is 304 g/mol. The molecular formula is C15H33N3OS. The number of rotatable bonds is 8. The second kappa shape index (κ2) is 9.26. The first kappa shape index (κ1) is 18.2. The summed E-state index contributed by atoms with van der Waals surface area (Å²) in [6.07, 6.45) is 2.49. The summed E-state index contributed by atoms with van der Waals surface area (Å²) in [6.45, 7) is 14.2. The molecule has 1 saturated heterocycles. The summed E-state index contributed by atoms with van der Waals surface area (Å²) in [7, 11) is 2.20. The molecule has 0 aromatic rings. The molecule has 0 aliphatic carbocycles. The van der Waals surface area contributed by atoms with Gasteiger partial charge < -0.3 is 15.0 Å². The summed E-state index contributed by atoms with van der Waals surface area (Å²) >= 11 is 1.84. The van der Waals surface area contributed by atoms with Crippen LogP contribution in [0.3, 0.4) is 0 Å². The van der Waals surface area contributed by atoms with Gasteiger partial charge in [0.25, 0.3) is 0 Å². The zero-order valence-corrected chi connectivity index (χ0v) is 14.8. The Morgan fingerprint density at radius 1 is 1.40 bits per heavy atom. The van der Waals surface area contributed by atoms with Crippen LogP contribution in [0.1, 0.15) is 20.8 Å². The van der Waals surface area contributed by atoms with Crippen LogP contribution in [-0.4, -0.2) is 81.0 Å². The lowest BCUT2D eigenvalue weighted by Gasteiger charge is -2.36. The van der Waals surface area contributed by atoms with Crippen molar-refractivity contribution in [3.05, 3.63) is 0 Å². The molecule has 1 fully saturated rings. The van der Waals surface area contributed by atoms with Crippen molar-refractivity contribution >= 4 is 11.8 Å². The predicted molar refractivity (Wildman–Crippen MR) is 89.5 cm³/mol. The molecule has 0 radical (unpaired) electrons. The van der Waals surface area contributed by atoms with Gasteiger partial charge in [0.1, 0.15) is 0 Å². The van der Waals surface area contributed by atoms with E-state index < -0.39 is 0 Å². The third-order valence-electron chi connectivity index (χ3n) is 3.33. The Morgan fingerprint density at radius 2 is 2.15 bits per heavy atom. The van der Waals surface area contributed by atoms with Gasteiger partial charge in [-0.3, -0.25) is 4.90 Å². The van der Waals surface area contributed by atoms with E-state index in [0.717, 1.165) is 51.8 Å². The van der Waals surface area contributed by atoms with E-state index in [-0.39, 0.29) is 0 Å². The Kier molecular flexibility index (Phi) is 8.44. The van der Waals surface area contributed by atoms with Crippen LogP contribution < -0.4 is 5.32 Å². The van der Waals surface area contributed by atoms with Crippen LogP contribution in [0.25, 0.3) is 0 Å². The molecule has 5 heteroatoms. The third-order valence-corrected chi connectivity index (χ3v) is 3.83. The zero-order chi connectivity index (χ0) is 15.0. The number of morpholine rings is 1. The summed E-state index contributed by atoms with van der Waals surface area (Å²) in [5.74, 6) is 1.04. The monoisotopic (exact) mass is 303 g/mol. The maximum absolute atomic E-state index is 5.91. The van der Waals surface area contributed by atoms with Crippen molar-refractivity contribution in [1.82, 2.24) is 15.1 Å². The predicted octanol–water partition coefficient (Wildman–Crippen LogP) is 1.58. The van der Waals surface area contributed by atoms with E-state index in [1.54, 1.807) is 0 Å². The summed E-state index contributed by atoms with van der Waals surface area (Å²) in [4.78, 5) is 4.92. The SMILES string of the molecule is CSCNCCN1CCO[C@@H](CN(C)CC(C)(C)C)C1. The standard InChI is InChI=1S/C15H33N3OS/c1-15(2,3)12-17(4)10-14-11-18(8-9-19-14)7-6-16-13-20-5/h14,16H,6-13H2,1-5H3/t14-/m0/s1. The molecule has 0 bridgehead atoms. The molecule has 0 aromatic heterocycles. The fourth-order valence-corrected chi connectivity index (χ4v) is 3.08. The molecule has 20 heavy (non-hydrogen) atoms. The number of nitrogens with zero attached hydrogens (tertiary/aromatic N) is 2. The second-order valence-electron chi connectivity index (χ2n) is 6.98. The quantitative estimate of drug-likeness (QED) is 0.543. The van der Waals surface area contributed by atoms with Gasteiger partial charge in [-0.05, 0) is 18.7 Å². The van der Waals surface area contributed by atoms with Gasteiger partial charge in [0.2, 0.25) is 0 Å². The van der Waals surface area contributed by atoms with Crippen LogP contribution in [0, 0.1) is 5.41 Å². The molecule has 0 spiro atoms. The van der Waals surface area contributed by atoms with Crippen LogP contribution in [-0.2, 0) is 4.74 Å².